The second-order valence-electron chi connectivity index (χ2n) is 4.44. The quantitative estimate of drug-likeness (QED) is 0.628. The van der Waals surface area contributed by atoms with E-state index in [1.165, 1.54) is 25.7 Å². The molecule has 1 heterocycles. The molecule has 0 N–H and O–H groups in total. The Labute approximate surface area is 77.1 Å². The van der Waals surface area contributed by atoms with Crippen LogP contribution >= 0.6 is 0 Å². The second-order valence-corrected chi connectivity index (χ2v) is 4.44. The lowest BCUT2D eigenvalue weighted by atomic mass is 9.97. The Morgan fingerprint density at radius 2 is 2.00 bits per heavy atom. The van der Waals surface area contributed by atoms with Gasteiger partial charge in [-0.25, -0.2) is 0 Å². The van der Waals surface area contributed by atoms with Gasteiger partial charge >= 0.3 is 0 Å². The Bertz CT molecular complexity index is 133. The molecule has 3 atom stereocenters. The van der Waals surface area contributed by atoms with Gasteiger partial charge in [0.2, 0.25) is 0 Å². The highest BCUT2D eigenvalue weighted by molar-refractivity contribution is 4.87. The molecule has 12 heavy (non-hydrogen) atoms. The molecule has 0 radical (unpaired) electrons. The Balaban J connectivity index is 2.40. The van der Waals surface area contributed by atoms with Crippen molar-refractivity contribution in [2.45, 2.75) is 58.5 Å². The SMILES string of the molecule is CCCCC1C(C)CC(C)N1C. The summed E-state index contributed by atoms with van der Waals surface area (Å²) in [7, 11) is 2.29. The van der Waals surface area contributed by atoms with Crippen LogP contribution in [0.5, 0.6) is 0 Å². The van der Waals surface area contributed by atoms with Crippen LogP contribution in [0.4, 0.5) is 0 Å². The molecule has 1 fully saturated rings. The normalized spacial score (nSPS) is 37.5. The van der Waals surface area contributed by atoms with Gasteiger partial charge in [0.05, 0.1) is 0 Å². The van der Waals surface area contributed by atoms with Crippen LogP contribution in [-0.4, -0.2) is 24.0 Å². The van der Waals surface area contributed by atoms with Crippen molar-refractivity contribution in [1.29, 1.82) is 0 Å². The van der Waals surface area contributed by atoms with Gasteiger partial charge < -0.3 is 4.90 Å². The maximum Gasteiger partial charge on any atom is 0.0121 e. The molecule has 72 valence electrons. The van der Waals surface area contributed by atoms with Crippen LogP contribution in [0.15, 0.2) is 0 Å². The molecule has 0 amide bonds. The van der Waals surface area contributed by atoms with Gasteiger partial charge in [-0.15, -0.1) is 0 Å². The fraction of sp³-hybridized carbons (Fsp3) is 1.00. The van der Waals surface area contributed by atoms with Crippen molar-refractivity contribution >= 4 is 0 Å². The monoisotopic (exact) mass is 169 g/mol. The van der Waals surface area contributed by atoms with Crippen molar-refractivity contribution in [1.82, 2.24) is 4.90 Å². The predicted molar refractivity (Wildman–Crippen MR) is 54.3 cm³/mol. The third-order valence-electron chi connectivity index (χ3n) is 3.44. The lowest BCUT2D eigenvalue weighted by Gasteiger charge is -2.25. The summed E-state index contributed by atoms with van der Waals surface area (Å²) < 4.78 is 0. The van der Waals surface area contributed by atoms with Crippen molar-refractivity contribution < 1.29 is 0 Å². The molecule has 0 spiro atoms. The minimum absolute atomic E-state index is 0.807. The first-order chi connectivity index (χ1) is 5.66. The Kier molecular flexibility index (Phi) is 3.57. The van der Waals surface area contributed by atoms with Gasteiger partial charge in [-0.3, -0.25) is 0 Å². The van der Waals surface area contributed by atoms with Crippen molar-refractivity contribution in [3.63, 3.8) is 0 Å². The predicted octanol–water partition coefficient (Wildman–Crippen LogP) is 2.91. The highest BCUT2D eigenvalue weighted by Gasteiger charge is 2.32. The van der Waals surface area contributed by atoms with E-state index in [-0.39, 0.29) is 0 Å². The van der Waals surface area contributed by atoms with E-state index in [4.69, 9.17) is 0 Å². The number of unbranched alkanes of at least 4 members (excludes halogenated alkanes) is 1. The summed E-state index contributed by atoms with van der Waals surface area (Å²) in [6.45, 7) is 7.03. The van der Waals surface area contributed by atoms with E-state index in [0.29, 0.717) is 0 Å². The second kappa shape index (κ2) is 4.27. The number of nitrogens with zero attached hydrogens (tertiary/aromatic N) is 1. The lowest BCUT2D eigenvalue weighted by Crippen LogP contribution is -2.32. The highest BCUT2D eigenvalue weighted by atomic mass is 15.2. The van der Waals surface area contributed by atoms with Crippen molar-refractivity contribution in [2.75, 3.05) is 7.05 Å². The summed E-state index contributed by atoms with van der Waals surface area (Å²) in [5.41, 5.74) is 0. The summed E-state index contributed by atoms with van der Waals surface area (Å²) in [6.07, 6.45) is 5.53. The van der Waals surface area contributed by atoms with E-state index in [1.54, 1.807) is 0 Å². The molecule has 0 aliphatic carbocycles. The standard InChI is InChI=1S/C11H23N/c1-5-6-7-11-9(2)8-10(3)12(11)4/h9-11H,5-8H2,1-4H3. The van der Waals surface area contributed by atoms with E-state index in [9.17, 15) is 0 Å². The van der Waals surface area contributed by atoms with Crippen LogP contribution in [-0.2, 0) is 0 Å². The summed E-state index contributed by atoms with van der Waals surface area (Å²) in [6, 6.07) is 1.67. The fourth-order valence-corrected chi connectivity index (χ4v) is 2.49. The lowest BCUT2D eigenvalue weighted by molar-refractivity contribution is 0.222. The molecule has 1 heteroatoms. The smallest absolute Gasteiger partial charge is 0.0121 e. The molecule has 0 aromatic carbocycles. The molecule has 0 saturated carbocycles. The van der Waals surface area contributed by atoms with Gasteiger partial charge in [0.15, 0.2) is 0 Å². The minimum Gasteiger partial charge on any atom is -0.300 e. The number of likely N-dealkylation sites (tertiary alicyclic amines) is 1. The average molecular weight is 169 g/mol. The van der Waals surface area contributed by atoms with E-state index in [0.717, 1.165) is 18.0 Å². The third kappa shape index (κ3) is 2.01. The maximum absolute atomic E-state index is 2.57. The van der Waals surface area contributed by atoms with Gasteiger partial charge in [0, 0.05) is 12.1 Å². The Hall–Kier alpha value is -0.0400. The molecular formula is C11H23N. The Morgan fingerprint density at radius 3 is 2.42 bits per heavy atom. The number of hydrogen-bond acceptors (Lipinski definition) is 1. The molecule has 0 aromatic heterocycles. The van der Waals surface area contributed by atoms with Crippen LogP contribution in [0.25, 0.3) is 0 Å². The van der Waals surface area contributed by atoms with E-state index < -0.39 is 0 Å². The summed E-state index contributed by atoms with van der Waals surface area (Å²) >= 11 is 0. The van der Waals surface area contributed by atoms with Gasteiger partial charge in [-0.1, -0.05) is 26.7 Å². The number of hydrogen-bond donors (Lipinski definition) is 0. The van der Waals surface area contributed by atoms with Crippen LogP contribution in [0.1, 0.15) is 46.5 Å². The zero-order valence-electron chi connectivity index (χ0n) is 9.01. The molecule has 1 aliphatic rings. The molecule has 0 bridgehead atoms. The first-order valence-electron chi connectivity index (χ1n) is 5.38. The molecule has 0 aromatic rings. The highest BCUT2D eigenvalue weighted by Crippen LogP contribution is 2.30. The average Bonchev–Trinajstić information content (AvgIpc) is 2.25. The van der Waals surface area contributed by atoms with Crippen LogP contribution in [0.2, 0.25) is 0 Å². The molecule has 1 rings (SSSR count). The summed E-state index contributed by atoms with van der Waals surface area (Å²) in [5.74, 6) is 0.913. The molecule has 1 aliphatic heterocycles. The summed E-state index contributed by atoms with van der Waals surface area (Å²) in [4.78, 5) is 2.57. The summed E-state index contributed by atoms with van der Waals surface area (Å²) in [5, 5.41) is 0. The van der Waals surface area contributed by atoms with Crippen molar-refractivity contribution in [3.8, 4) is 0 Å². The first-order valence-corrected chi connectivity index (χ1v) is 5.38. The zero-order chi connectivity index (χ0) is 9.14. The van der Waals surface area contributed by atoms with Crippen LogP contribution in [0, 0.1) is 5.92 Å². The van der Waals surface area contributed by atoms with Gasteiger partial charge in [0.25, 0.3) is 0 Å². The van der Waals surface area contributed by atoms with E-state index in [1.807, 2.05) is 0 Å². The first kappa shape index (κ1) is 10.0. The largest absolute Gasteiger partial charge is 0.300 e. The third-order valence-corrected chi connectivity index (χ3v) is 3.44. The molecule has 1 saturated heterocycles. The van der Waals surface area contributed by atoms with E-state index >= 15 is 0 Å². The van der Waals surface area contributed by atoms with Crippen LogP contribution in [0.3, 0.4) is 0 Å². The molecule has 3 unspecified atom stereocenters. The van der Waals surface area contributed by atoms with E-state index in [2.05, 4.69) is 32.7 Å². The number of rotatable bonds is 3. The van der Waals surface area contributed by atoms with Crippen molar-refractivity contribution in [2.24, 2.45) is 5.92 Å². The van der Waals surface area contributed by atoms with Crippen molar-refractivity contribution in [3.05, 3.63) is 0 Å². The van der Waals surface area contributed by atoms with Crippen LogP contribution < -0.4 is 0 Å². The molecular weight excluding hydrogens is 146 g/mol. The topological polar surface area (TPSA) is 3.24 Å². The maximum atomic E-state index is 2.57. The minimum atomic E-state index is 0.807. The van der Waals surface area contributed by atoms with Gasteiger partial charge in [-0.2, -0.15) is 0 Å². The molecule has 1 nitrogen and oxygen atoms in total. The fourth-order valence-electron chi connectivity index (χ4n) is 2.49. The van der Waals surface area contributed by atoms with Gasteiger partial charge in [-0.05, 0) is 32.7 Å². The van der Waals surface area contributed by atoms with Gasteiger partial charge in [0.1, 0.15) is 0 Å². The zero-order valence-corrected chi connectivity index (χ0v) is 9.01. The Morgan fingerprint density at radius 1 is 1.33 bits per heavy atom.